The molecule has 0 saturated carbocycles. The summed E-state index contributed by atoms with van der Waals surface area (Å²) in [6.07, 6.45) is 21.6. The van der Waals surface area contributed by atoms with Crippen LogP contribution in [-0.2, 0) is 25.1 Å². The van der Waals surface area contributed by atoms with Crippen molar-refractivity contribution in [2.45, 2.75) is 109 Å². The lowest BCUT2D eigenvalue weighted by Crippen LogP contribution is -2.37. The highest BCUT2D eigenvalue weighted by Gasteiger charge is 2.25. The Balaban J connectivity index is 1.50. The van der Waals surface area contributed by atoms with Crippen molar-refractivity contribution >= 4 is 7.82 Å². The number of nitrogens with zero attached hydrogens (tertiary/aromatic N) is 2. The second-order valence-electron chi connectivity index (χ2n) is 10.4. The summed E-state index contributed by atoms with van der Waals surface area (Å²) in [5.41, 5.74) is 0.882. The third kappa shape index (κ3) is 17.1. The number of benzene rings is 1. The molecule has 40 heavy (non-hydrogen) atoms. The molecule has 0 aliphatic carbocycles. The molecule has 1 heterocycles. The minimum absolute atomic E-state index is 0.105. The van der Waals surface area contributed by atoms with E-state index in [0.29, 0.717) is 19.8 Å². The molecule has 2 unspecified atom stereocenters. The van der Waals surface area contributed by atoms with E-state index in [9.17, 15) is 9.46 Å². The number of aromatic nitrogens is 2. The molecule has 2 atom stereocenters. The van der Waals surface area contributed by atoms with E-state index in [2.05, 4.69) is 12.0 Å². The van der Waals surface area contributed by atoms with Gasteiger partial charge in [-0.05, 0) is 29.7 Å². The van der Waals surface area contributed by atoms with Gasteiger partial charge in [-0.1, -0.05) is 107 Å². The van der Waals surface area contributed by atoms with E-state index >= 15 is 0 Å². The molecule has 1 aromatic heterocycles. The Morgan fingerprint density at radius 2 is 1.52 bits per heavy atom. The van der Waals surface area contributed by atoms with Crippen LogP contribution in [-0.4, -0.2) is 43.0 Å². The summed E-state index contributed by atoms with van der Waals surface area (Å²) < 4.78 is 35.8. The Kier molecular flexibility index (Phi) is 18.8. The van der Waals surface area contributed by atoms with Gasteiger partial charge < -0.3 is 14.0 Å². The number of hydrogen-bond acceptors (Lipinski definition) is 6. The normalized spacial score (nSPS) is 13.7. The van der Waals surface area contributed by atoms with Gasteiger partial charge >= 0.3 is 7.82 Å². The van der Waals surface area contributed by atoms with Crippen LogP contribution in [0.2, 0.25) is 0 Å². The number of hydrogen-bond donors (Lipinski definition) is 1. The largest absolute Gasteiger partial charge is 0.527 e. The van der Waals surface area contributed by atoms with Crippen LogP contribution in [0.4, 0.5) is 0 Å². The Morgan fingerprint density at radius 3 is 2.12 bits per heavy atom. The average Bonchev–Trinajstić information content (AvgIpc) is 2.95. The highest BCUT2D eigenvalue weighted by atomic mass is 31.2. The van der Waals surface area contributed by atoms with Gasteiger partial charge in [0.1, 0.15) is 11.9 Å². The summed E-state index contributed by atoms with van der Waals surface area (Å²) in [5, 5.41) is 4.23. The molecule has 8 nitrogen and oxygen atoms in total. The Labute approximate surface area is 242 Å². The van der Waals surface area contributed by atoms with Crippen LogP contribution in [0.15, 0.2) is 48.8 Å². The predicted octanol–water partition coefficient (Wildman–Crippen LogP) is 7.43. The van der Waals surface area contributed by atoms with Crippen LogP contribution < -0.4 is 9.21 Å². The van der Waals surface area contributed by atoms with Crippen molar-refractivity contribution in [2.24, 2.45) is 0 Å². The first-order valence-corrected chi connectivity index (χ1v) is 16.7. The molecule has 0 spiro atoms. The quantitative estimate of drug-likeness (QED) is 0.0743. The van der Waals surface area contributed by atoms with Crippen molar-refractivity contribution in [3.8, 4) is 5.75 Å². The molecule has 0 bridgehead atoms. The number of phosphoric ester groups is 1. The fourth-order valence-corrected chi connectivity index (χ4v) is 5.26. The summed E-state index contributed by atoms with van der Waals surface area (Å²) in [4.78, 5) is 10.2. The van der Waals surface area contributed by atoms with Crippen LogP contribution >= 0.6 is 7.82 Å². The van der Waals surface area contributed by atoms with Gasteiger partial charge in [-0.15, -0.1) is 0 Å². The van der Waals surface area contributed by atoms with E-state index < -0.39 is 13.9 Å². The van der Waals surface area contributed by atoms with Crippen molar-refractivity contribution in [3.63, 3.8) is 0 Å². The van der Waals surface area contributed by atoms with E-state index in [1.54, 1.807) is 29.1 Å². The Bertz CT molecular complexity index is 933. The maximum Gasteiger partial charge on any atom is 0.527 e. The van der Waals surface area contributed by atoms with Gasteiger partial charge in [0, 0.05) is 25.3 Å². The van der Waals surface area contributed by atoms with E-state index in [1.165, 1.54) is 84.2 Å². The SMILES string of the molecule is CCCCCCCCCCCCCCCCOCC(COP(=O)(O)Oc1cccc(C[n+]2ccccn2)c1)OC. The Morgan fingerprint density at radius 1 is 0.875 bits per heavy atom. The maximum atomic E-state index is 12.5. The monoisotopic (exact) mass is 579 g/mol. The molecular weight excluding hydrogens is 527 g/mol. The van der Waals surface area contributed by atoms with Gasteiger partial charge in [0.05, 0.1) is 19.4 Å². The fourth-order valence-electron chi connectivity index (χ4n) is 4.48. The molecular formula is C31H52N2O6P+. The standard InChI is InChI=1S/C31H51N2O6P/c1-3-4-5-6-7-8-9-10-11-12-13-14-15-18-24-37-27-31(36-2)28-38-40(34,35)39-30-21-19-20-29(25-30)26-33-23-17-16-22-32-33/h16-17,19-23,25,31H,3-15,18,24,26-28H2,1-2H3/p+1. The van der Waals surface area contributed by atoms with Crippen molar-refractivity contribution < 1.29 is 32.7 Å². The van der Waals surface area contributed by atoms with Gasteiger partial charge in [0.15, 0.2) is 12.7 Å². The fraction of sp³-hybridized carbons (Fsp3) is 0.677. The summed E-state index contributed by atoms with van der Waals surface area (Å²) in [6.45, 7) is 3.62. The summed E-state index contributed by atoms with van der Waals surface area (Å²) in [5.74, 6) is 0.253. The highest BCUT2D eigenvalue weighted by Crippen LogP contribution is 2.44. The van der Waals surface area contributed by atoms with Crippen molar-refractivity contribution in [3.05, 3.63) is 54.4 Å². The topological polar surface area (TPSA) is 91.0 Å². The van der Waals surface area contributed by atoms with Crippen LogP contribution in [0.1, 0.15) is 102 Å². The third-order valence-corrected chi connectivity index (χ3v) is 7.75. The molecule has 1 N–H and O–H groups in total. The summed E-state index contributed by atoms with van der Waals surface area (Å²) >= 11 is 0. The van der Waals surface area contributed by atoms with Gasteiger partial charge in [0.2, 0.25) is 0 Å². The van der Waals surface area contributed by atoms with Gasteiger partial charge in [-0.2, -0.15) is 0 Å². The van der Waals surface area contributed by atoms with Gasteiger partial charge in [0.25, 0.3) is 0 Å². The zero-order valence-electron chi connectivity index (χ0n) is 24.8. The van der Waals surface area contributed by atoms with Gasteiger partial charge in [-0.3, -0.25) is 9.42 Å². The highest BCUT2D eigenvalue weighted by molar-refractivity contribution is 7.47. The summed E-state index contributed by atoms with van der Waals surface area (Å²) in [7, 11) is -2.78. The number of unbranched alkanes of at least 4 members (excludes halogenated alkanes) is 13. The second kappa shape index (κ2) is 21.9. The zero-order chi connectivity index (χ0) is 28.7. The van der Waals surface area contributed by atoms with Crippen LogP contribution in [0, 0.1) is 0 Å². The molecule has 2 rings (SSSR count). The zero-order valence-corrected chi connectivity index (χ0v) is 25.6. The van der Waals surface area contributed by atoms with Gasteiger partial charge in [-0.25, -0.2) is 4.57 Å². The molecule has 0 fully saturated rings. The van der Waals surface area contributed by atoms with E-state index in [-0.39, 0.29) is 12.4 Å². The summed E-state index contributed by atoms with van der Waals surface area (Å²) in [6, 6.07) is 10.7. The molecule has 0 amide bonds. The maximum absolute atomic E-state index is 12.5. The molecule has 1 aromatic carbocycles. The third-order valence-electron chi connectivity index (χ3n) is 6.84. The first-order chi connectivity index (χ1) is 19.5. The number of methoxy groups -OCH3 is 1. The number of ether oxygens (including phenoxy) is 2. The lowest BCUT2D eigenvalue weighted by Gasteiger charge is -2.18. The smallest absolute Gasteiger partial charge is 0.404 e. The molecule has 0 aliphatic heterocycles. The molecule has 0 saturated heterocycles. The van der Waals surface area contributed by atoms with Crippen molar-refractivity contribution in [2.75, 3.05) is 26.9 Å². The lowest BCUT2D eigenvalue weighted by atomic mass is 10.0. The van der Waals surface area contributed by atoms with Crippen molar-refractivity contribution in [1.82, 2.24) is 5.10 Å². The molecule has 226 valence electrons. The van der Waals surface area contributed by atoms with Crippen LogP contribution in [0.25, 0.3) is 0 Å². The lowest BCUT2D eigenvalue weighted by molar-refractivity contribution is -0.746. The minimum Gasteiger partial charge on any atom is -0.404 e. The molecule has 0 aliphatic rings. The predicted molar refractivity (Wildman–Crippen MR) is 158 cm³/mol. The van der Waals surface area contributed by atoms with Crippen molar-refractivity contribution in [1.29, 1.82) is 0 Å². The molecule has 2 aromatic rings. The second-order valence-corrected chi connectivity index (χ2v) is 11.8. The minimum atomic E-state index is -4.32. The first kappa shape index (κ1) is 34.4. The number of rotatable bonds is 25. The molecule has 9 heteroatoms. The average molecular weight is 580 g/mol. The van der Waals surface area contributed by atoms with Crippen LogP contribution in [0.3, 0.4) is 0 Å². The van der Waals surface area contributed by atoms with E-state index in [4.69, 9.17) is 18.5 Å². The van der Waals surface area contributed by atoms with E-state index in [1.807, 2.05) is 24.4 Å². The number of phosphoric acid groups is 1. The van der Waals surface area contributed by atoms with E-state index in [0.717, 1.165) is 18.4 Å². The first-order valence-electron chi connectivity index (χ1n) is 15.2. The Hall–Kier alpha value is -1.83. The molecule has 0 radical (unpaired) electrons. The van der Waals surface area contributed by atoms with Crippen LogP contribution in [0.5, 0.6) is 5.75 Å².